The quantitative estimate of drug-likeness (QED) is 0.174. The van der Waals surface area contributed by atoms with Crippen molar-refractivity contribution in [3.8, 4) is 0 Å². The molecule has 0 spiro atoms. The number of fused-ring (bicyclic) bond motifs is 2. The number of nitrogens with zero attached hydrogens (tertiary/aromatic N) is 1. The summed E-state index contributed by atoms with van der Waals surface area (Å²) in [5.74, 6) is -3.26. The summed E-state index contributed by atoms with van der Waals surface area (Å²) in [5, 5.41) is 3.29. The van der Waals surface area contributed by atoms with Crippen LogP contribution in [0.2, 0.25) is 0 Å². The van der Waals surface area contributed by atoms with Gasteiger partial charge in [0.05, 0.1) is 23.3 Å². The number of ether oxygens (including phenoxy) is 2. The molecule has 0 bridgehead atoms. The third-order valence-electron chi connectivity index (χ3n) is 7.00. The van der Waals surface area contributed by atoms with E-state index in [1.165, 1.54) is 30.2 Å². The van der Waals surface area contributed by atoms with Crippen LogP contribution in [0.15, 0.2) is 42.5 Å². The summed E-state index contributed by atoms with van der Waals surface area (Å²) in [6, 6.07) is 12.1. The number of alkyl halides is 4. The van der Waals surface area contributed by atoms with Crippen molar-refractivity contribution in [1.82, 2.24) is 5.32 Å². The van der Waals surface area contributed by atoms with Gasteiger partial charge < -0.3 is 14.8 Å². The first-order chi connectivity index (χ1) is 21.2. The molecule has 8 nitrogen and oxygen atoms in total. The van der Waals surface area contributed by atoms with E-state index in [1.54, 1.807) is 20.8 Å². The SMILES string of the molecule is CC.CCOC(=O)C(CCC(F)F)(CCC(F)F)c1ccc2c(c1)C(=O)C(=O)N2C(=O)OC(C)(C)C.c1ccc2c(c1)CNC2. The highest BCUT2D eigenvalue weighted by molar-refractivity contribution is 6.56. The molecule has 12 heteroatoms. The number of hydrogen-bond acceptors (Lipinski definition) is 7. The molecule has 4 rings (SSSR count). The van der Waals surface area contributed by atoms with E-state index in [1.807, 2.05) is 13.8 Å². The van der Waals surface area contributed by atoms with Crippen molar-refractivity contribution < 1.29 is 46.2 Å². The lowest BCUT2D eigenvalue weighted by molar-refractivity contribution is -0.151. The van der Waals surface area contributed by atoms with Crippen LogP contribution in [0.5, 0.6) is 0 Å². The molecule has 0 saturated heterocycles. The maximum Gasteiger partial charge on any atom is 0.422 e. The van der Waals surface area contributed by atoms with Crippen LogP contribution in [0.4, 0.5) is 28.0 Å². The minimum Gasteiger partial charge on any atom is -0.465 e. The molecule has 248 valence electrons. The number of hydrogen-bond donors (Lipinski definition) is 1. The molecule has 45 heavy (non-hydrogen) atoms. The summed E-state index contributed by atoms with van der Waals surface area (Å²) in [6.07, 6.45) is -9.34. The van der Waals surface area contributed by atoms with Crippen molar-refractivity contribution in [2.75, 3.05) is 11.5 Å². The third-order valence-corrected chi connectivity index (χ3v) is 7.00. The number of ketones is 1. The van der Waals surface area contributed by atoms with Crippen LogP contribution in [0.3, 0.4) is 0 Å². The van der Waals surface area contributed by atoms with E-state index in [0.717, 1.165) is 19.2 Å². The van der Waals surface area contributed by atoms with E-state index >= 15 is 0 Å². The fourth-order valence-electron chi connectivity index (χ4n) is 4.98. The summed E-state index contributed by atoms with van der Waals surface area (Å²) in [4.78, 5) is 51.1. The Bertz CT molecular complexity index is 1310. The van der Waals surface area contributed by atoms with Gasteiger partial charge in [0.25, 0.3) is 5.78 Å². The van der Waals surface area contributed by atoms with Gasteiger partial charge in [-0.1, -0.05) is 44.2 Å². The van der Waals surface area contributed by atoms with Crippen LogP contribution in [0, 0.1) is 0 Å². The zero-order valence-electron chi connectivity index (χ0n) is 26.6. The van der Waals surface area contributed by atoms with Crippen molar-refractivity contribution in [3.05, 3.63) is 64.7 Å². The molecular formula is C33H42F4N2O6. The normalized spacial score (nSPS) is 13.9. The second kappa shape index (κ2) is 16.5. The first kappa shape index (κ1) is 37.4. The molecule has 0 aliphatic carbocycles. The van der Waals surface area contributed by atoms with Gasteiger partial charge in [-0.05, 0) is 69.4 Å². The molecule has 1 N–H and O–H groups in total. The monoisotopic (exact) mass is 638 g/mol. The largest absolute Gasteiger partial charge is 0.465 e. The molecule has 0 radical (unpaired) electrons. The number of benzene rings is 2. The Morgan fingerprint density at radius 3 is 1.91 bits per heavy atom. The van der Waals surface area contributed by atoms with Gasteiger partial charge in [-0.25, -0.2) is 27.3 Å². The molecular weight excluding hydrogens is 596 g/mol. The fraction of sp³-hybridized carbons (Fsp3) is 0.515. The Kier molecular flexibility index (Phi) is 13.7. The number of Topliss-reactive ketones (excluding diaryl/α,β-unsaturated/α-hetero) is 1. The number of amides is 2. The maximum absolute atomic E-state index is 13.1. The first-order valence-corrected chi connectivity index (χ1v) is 15.0. The van der Waals surface area contributed by atoms with Gasteiger partial charge in [0, 0.05) is 25.9 Å². The molecule has 2 aromatic carbocycles. The summed E-state index contributed by atoms with van der Waals surface area (Å²) in [5.41, 5.74) is -0.370. The lowest BCUT2D eigenvalue weighted by atomic mass is 9.72. The highest BCUT2D eigenvalue weighted by Gasteiger charge is 2.46. The Morgan fingerprint density at radius 2 is 1.44 bits per heavy atom. The maximum atomic E-state index is 13.1. The topological polar surface area (TPSA) is 102 Å². The first-order valence-electron chi connectivity index (χ1n) is 15.0. The third kappa shape index (κ3) is 9.59. The summed E-state index contributed by atoms with van der Waals surface area (Å²) >= 11 is 0. The molecule has 2 amide bonds. The van der Waals surface area contributed by atoms with E-state index in [0.29, 0.717) is 4.90 Å². The van der Waals surface area contributed by atoms with E-state index < -0.39 is 73.3 Å². The average molecular weight is 639 g/mol. The molecule has 2 aliphatic rings. The van der Waals surface area contributed by atoms with Crippen molar-refractivity contribution in [3.63, 3.8) is 0 Å². The van der Waals surface area contributed by atoms with Gasteiger partial charge in [-0.3, -0.25) is 14.4 Å². The van der Waals surface area contributed by atoms with E-state index in [4.69, 9.17) is 9.47 Å². The number of carbonyl (C=O) groups excluding carboxylic acids is 4. The molecule has 0 atom stereocenters. The highest BCUT2D eigenvalue weighted by Crippen LogP contribution is 2.41. The summed E-state index contributed by atoms with van der Waals surface area (Å²) in [7, 11) is 0. The molecule has 0 saturated carbocycles. The number of halogens is 4. The zero-order valence-corrected chi connectivity index (χ0v) is 26.6. The fourth-order valence-corrected chi connectivity index (χ4v) is 4.98. The number of imide groups is 1. The zero-order chi connectivity index (χ0) is 33.9. The standard InChI is InChI=1S/C23H27F4NO6.C8H9N.C2H6/c1-5-33-20(31)23(10-8-16(24)25,11-9-17(26)27)13-6-7-15-14(12-13)18(29)19(30)28(15)21(32)34-22(2,3)4;1-2-4-8-6-9-5-7(8)3-1;1-2/h6-7,12,16-17H,5,8-11H2,1-4H3;1-4,9H,5-6H2;1-2H3. The van der Waals surface area contributed by atoms with Crippen molar-refractivity contribution in [1.29, 1.82) is 0 Å². The van der Waals surface area contributed by atoms with Crippen molar-refractivity contribution in [2.45, 2.75) is 104 Å². The predicted molar refractivity (Wildman–Crippen MR) is 162 cm³/mol. The van der Waals surface area contributed by atoms with Crippen LogP contribution < -0.4 is 10.2 Å². The number of carbonyl (C=O) groups is 4. The van der Waals surface area contributed by atoms with Crippen LogP contribution in [0.25, 0.3) is 0 Å². The summed E-state index contributed by atoms with van der Waals surface area (Å²) < 4.78 is 62.5. The Morgan fingerprint density at radius 1 is 0.911 bits per heavy atom. The number of nitrogens with one attached hydrogen (secondary N) is 1. The number of anilines is 1. The Balaban J connectivity index is 0.000000534. The van der Waals surface area contributed by atoms with Crippen molar-refractivity contribution in [2.24, 2.45) is 0 Å². The average Bonchev–Trinajstić information content (AvgIpc) is 3.56. The van der Waals surface area contributed by atoms with Gasteiger partial charge in [-0.15, -0.1) is 0 Å². The number of esters is 1. The molecule has 0 unspecified atom stereocenters. The van der Waals surface area contributed by atoms with Gasteiger partial charge in [-0.2, -0.15) is 0 Å². The second-order valence-corrected chi connectivity index (χ2v) is 11.2. The van der Waals surface area contributed by atoms with Gasteiger partial charge in [0.15, 0.2) is 0 Å². The molecule has 2 heterocycles. The van der Waals surface area contributed by atoms with E-state index in [-0.39, 0.29) is 23.4 Å². The number of rotatable bonds is 9. The lowest BCUT2D eigenvalue weighted by Gasteiger charge is -2.32. The second-order valence-electron chi connectivity index (χ2n) is 11.2. The molecule has 2 aliphatic heterocycles. The highest BCUT2D eigenvalue weighted by atomic mass is 19.3. The van der Waals surface area contributed by atoms with Crippen molar-refractivity contribution >= 4 is 29.4 Å². The minimum atomic E-state index is -2.82. The lowest BCUT2D eigenvalue weighted by Crippen LogP contribution is -2.40. The summed E-state index contributed by atoms with van der Waals surface area (Å²) in [6.45, 7) is 12.2. The Hall–Kier alpha value is -3.80. The van der Waals surface area contributed by atoms with Crippen LogP contribution in [-0.4, -0.2) is 48.8 Å². The van der Waals surface area contributed by atoms with Crippen LogP contribution >= 0.6 is 0 Å². The molecule has 2 aromatic rings. The Labute approximate surface area is 261 Å². The van der Waals surface area contributed by atoms with Crippen LogP contribution in [-0.2, 0) is 37.6 Å². The van der Waals surface area contributed by atoms with Gasteiger partial charge >= 0.3 is 18.0 Å². The van der Waals surface area contributed by atoms with E-state index in [2.05, 4.69) is 29.6 Å². The molecule has 0 aromatic heterocycles. The predicted octanol–water partition coefficient (Wildman–Crippen LogP) is 7.36. The van der Waals surface area contributed by atoms with Gasteiger partial charge in [0.1, 0.15) is 5.60 Å². The van der Waals surface area contributed by atoms with Gasteiger partial charge in [0.2, 0.25) is 12.9 Å². The minimum absolute atomic E-state index is 0.0295. The molecule has 0 fully saturated rings. The van der Waals surface area contributed by atoms with Crippen LogP contribution in [0.1, 0.15) is 94.3 Å². The van der Waals surface area contributed by atoms with E-state index in [9.17, 15) is 36.7 Å². The smallest absolute Gasteiger partial charge is 0.422 e.